The van der Waals surface area contributed by atoms with Gasteiger partial charge in [0.05, 0.1) is 0 Å². The molecule has 1 aromatic rings. The summed E-state index contributed by atoms with van der Waals surface area (Å²) in [5.74, 6) is -1.03. The van der Waals surface area contributed by atoms with Crippen LogP contribution in [0.25, 0.3) is 0 Å². The van der Waals surface area contributed by atoms with Crippen LogP contribution in [-0.4, -0.2) is 34.6 Å². The van der Waals surface area contributed by atoms with Crippen LogP contribution in [0.3, 0.4) is 0 Å². The van der Waals surface area contributed by atoms with Crippen molar-refractivity contribution in [3.8, 4) is 0 Å². The fraction of sp³-hybridized carbons (Fsp3) is 0.333. The molecular formula is C15H17FN2O2. The highest BCUT2D eigenvalue weighted by Gasteiger charge is 2.12. The molecule has 1 aliphatic rings. The second-order valence-corrected chi connectivity index (χ2v) is 5.00. The van der Waals surface area contributed by atoms with Gasteiger partial charge in [0.2, 0.25) is 0 Å². The van der Waals surface area contributed by atoms with E-state index in [1.165, 1.54) is 12.1 Å². The molecule has 2 rings (SSSR count). The number of allylic oxidation sites excluding steroid dienone is 3. The largest absolute Gasteiger partial charge is 0.477 e. The Bertz CT molecular complexity index is 537. The number of carbonyl (C=O) groups is 1. The van der Waals surface area contributed by atoms with Crippen LogP contribution in [0, 0.1) is 5.92 Å². The highest BCUT2D eigenvalue weighted by Crippen LogP contribution is 2.18. The summed E-state index contributed by atoms with van der Waals surface area (Å²) >= 11 is 0. The van der Waals surface area contributed by atoms with E-state index < -0.39 is 5.97 Å². The molecule has 1 unspecified atom stereocenters. The number of rotatable bonds is 5. The van der Waals surface area contributed by atoms with Gasteiger partial charge in [0.1, 0.15) is 11.5 Å². The first kappa shape index (κ1) is 14.4. The maximum Gasteiger partial charge on any atom is 0.354 e. The molecule has 1 aromatic heterocycles. The first-order valence-corrected chi connectivity index (χ1v) is 6.45. The summed E-state index contributed by atoms with van der Waals surface area (Å²) in [4.78, 5) is 16.7. The zero-order chi connectivity index (χ0) is 14.5. The highest BCUT2D eigenvalue weighted by molar-refractivity contribution is 5.85. The Balaban J connectivity index is 1.89. The van der Waals surface area contributed by atoms with Gasteiger partial charge >= 0.3 is 5.97 Å². The summed E-state index contributed by atoms with van der Waals surface area (Å²) in [6, 6.07) is 3.25. The van der Waals surface area contributed by atoms with Crippen molar-refractivity contribution in [2.24, 2.45) is 5.92 Å². The number of carboxylic acids is 1. The molecule has 0 aromatic carbocycles. The molecule has 0 amide bonds. The molecule has 1 aliphatic carbocycles. The maximum atomic E-state index is 13.1. The summed E-state index contributed by atoms with van der Waals surface area (Å²) in [6.07, 6.45) is 7.38. The topological polar surface area (TPSA) is 53.4 Å². The molecule has 20 heavy (non-hydrogen) atoms. The third kappa shape index (κ3) is 3.99. The van der Waals surface area contributed by atoms with Crippen molar-refractivity contribution in [2.75, 3.05) is 13.6 Å². The molecule has 0 spiro atoms. The van der Waals surface area contributed by atoms with E-state index in [2.05, 4.69) is 9.88 Å². The normalized spacial score (nSPS) is 18.1. The van der Waals surface area contributed by atoms with Crippen molar-refractivity contribution < 1.29 is 14.3 Å². The van der Waals surface area contributed by atoms with Crippen LogP contribution >= 0.6 is 0 Å². The monoisotopic (exact) mass is 276 g/mol. The van der Waals surface area contributed by atoms with Gasteiger partial charge in [-0.3, -0.25) is 0 Å². The van der Waals surface area contributed by atoms with Crippen LogP contribution in [0.1, 0.15) is 22.5 Å². The first-order chi connectivity index (χ1) is 9.54. The number of nitrogens with zero attached hydrogens (tertiary/aromatic N) is 2. The van der Waals surface area contributed by atoms with Crippen LogP contribution in [0.2, 0.25) is 0 Å². The summed E-state index contributed by atoms with van der Waals surface area (Å²) in [6.45, 7) is 1.40. The molecule has 4 nitrogen and oxygen atoms in total. The van der Waals surface area contributed by atoms with Crippen molar-refractivity contribution in [2.45, 2.75) is 13.0 Å². The van der Waals surface area contributed by atoms with E-state index >= 15 is 0 Å². The lowest BCUT2D eigenvalue weighted by Gasteiger charge is -2.22. The van der Waals surface area contributed by atoms with Crippen molar-refractivity contribution in [1.29, 1.82) is 0 Å². The summed E-state index contributed by atoms with van der Waals surface area (Å²) < 4.78 is 13.1. The quantitative estimate of drug-likeness (QED) is 0.898. The molecule has 1 atom stereocenters. The lowest BCUT2D eigenvalue weighted by atomic mass is 10.00. The molecule has 0 saturated heterocycles. The standard InChI is InChI=1S/C15H17FN2O2/c1-18(9-11-3-2-4-13(16)7-11)10-12-5-6-14(15(19)20)17-8-12/h2,4-8,11H,3,9-10H2,1H3,(H,19,20). The summed E-state index contributed by atoms with van der Waals surface area (Å²) in [5.41, 5.74) is 0.979. The van der Waals surface area contributed by atoms with Crippen molar-refractivity contribution >= 4 is 5.97 Å². The van der Waals surface area contributed by atoms with Crippen LogP contribution in [0.4, 0.5) is 4.39 Å². The predicted octanol–water partition coefficient (Wildman–Crippen LogP) is 2.64. The van der Waals surface area contributed by atoms with E-state index in [1.54, 1.807) is 18.3 Å². The van der Waals surface area contributed by atoms with Gasteiger partial charge in [0.25, 0.3) is 0 Å². The van der Waals surface area contributed by atoms with Gasteiger partial charge in [-0.1, -0.05) is 12.1 Å². The lowest BCUT2D eigenvalue weighted by Crippen LogP contribution is -2.25. The van der Waals surface area contributed by atoms with Gasteiger partial charge in [-0.25, -0.2) is 14.2 Å². The number of hydrogen-bond acceptors (Lipinski definition) is 3. The number of hydrogen-bond donors (Lipinski definition) is 1. The molecule has 5 heteroatoms. The van der Waals surface area contributed by atoms with Gasteiger partial charge in [-0.05, 0) is 43.2 Å². The highest BCUT2D eigenvalue weighted by atomic mass is 19.1. The van der Waals surface area contributed by atoms with E-state index in [1.807, 2.05) is 13.1 Å². The molecule has 106 valence electrons. The zero-order valence-electron chi connectivity index (χ0n) is 11.3. The Hall–Kier alpha value is -2.01. The van der Waals surface area contributed by atoms with Gasteiger partial charge in [-0.2, -0.15) is 0 Å². The van der Waals surface area contributed by atoms with E-state index in [-0.39, 0.29) is 17.4 Å². The van der Waals surface area contributed by atoms with Crippen molar-refractivity contribution in [3.05, 3.63) is 53.6 Å². The summed E-state index contributed by atoms with van der Waals surface area (Å²) in [5, 5.41) is 8.78. The van der Waals surface area contributed by atoms with Crippen LogP contribution in [0.5, 0.6) is 0 Å². The minimum absolute atomic E-state index is 0.0406. The summed E-state index contributed by atoms with van der Waals surface area (Å²) in [7, 11) is 1.95. The molecule has 1 heterocycles. The zero-order valence-corrected chi connectivity index (χ0v) is 11.3. The minimum Gasteiger partial charge on any atom is -0.477 e. The number of aromatic nitrogens is 1. The fourth-order valence-electron chi connectivity index (χ4n) is 2.25. The van der Waals surface area contributed by atoms with Crippen molar-refractivity contribution in [1.82, 2.24) is 9.88 Å². The smallest absolute Gasteiger partial charge is 0.354 e. The van der Waals surface area contributed by atoms with Gasteiger partial charge in [0.15, 0.2) is 0 Å². The SMILES string of the molecule is CN(Cc1ccc(C(=O)O)nc1)CC1C=C(F)C=CC1. The van der Waals surface area contributed by atoms with Gasteiger partial charge < -0.3 is 10.0 Å². The number of halogens is 1. The Morgan fingerprint density at radius 3 is 2.95 bits per heavy atom. The van der Waals surface area contributed by atoms with Crippen molar-refractivity contribution in [3.63, 3.8) is 0 Å². The molecule has 0 bridgehead atoms. The third-order valence-corrected chi connectivity index (χ3v) is 3.15. The third-order valence-electron chi connectivity index (χ3n) is 3.15. The number of aromatic carboxylic acids is 1. The average molecular weight is 276 g/mol. The van der Waals surface area contributed by atoms with E-state index in [0.717, 1.165) is 18.5 Å². The molecular weight excluding hydrogens is 259 g/mol. The Morgan fingerprint density at radius 1 is 1.55 bits per heavy atom. The average Bonchev–Trinajstić information content (AvgIpc) is 2.39. The second-order valence-electron chi connectivity index (χ2n) is 5.00. The minimum atomic E-state index is -1.03. The Morgan fingerprint density at radius 2 is 2.35 bits per heavy atom. The van der Waals surface area contributed by atoms with E-state index in [9.17, 15) is 9.18 Å². The predicted molar refractivity (Wildman–Crippen MR) is 74.0 cm³/mol. The van der Waals surface area contributed by atoms with E-state index in [4.69, 9.17) is 5.11 Å². The van der Waals surface area contributed by atoms with Gasteiger partial charge in [0, 0.05) is 19.3 Å². The fourth-order valence-corrected chi connectivity index (χ4v) is 2.25. The second kappa shape index (κ2) is 6.43. The first-order valence-electron chi connectivity index (χ1n) is 6.45. The number of carboxylic acid groups (broad SMARTS) is 1. The molecule has 0 aliphatic heterocycles. The number of pyridine rings is 1. The lowest BCUT2D eigenvalue weighted by molar-refractivity contribution is 0.0690. The Kier molecular flexibility index (Phi) is 4.63. The maximum absolute atomic E-state index is 13.1. The van der Waals surface area contributed by atoms with Crippen LogP contribution in [0.15, 0.2) is 42.4 Å². The van der Waals surface area contributed by atoms with E-state index in [0.29, 0.717) is 6.54 Å². The van der Waals surface area contributed by atoms with Gasteiger partial charge in [-0.15, -0.1) is 0 Å². The van der Waals surface area contributed by atoms with Crippen LogP contribution < -0.4 is 0 Å². The molecule has 0 saturated carbocycles. The molecule has 0 fully saturated rings. The molecule has 0 radical (unpaired) electrons. The van der Waals surface area contributed by atoms with Crippen LogP contribution in [-0.2, 0) is 6.54 Å². The molecule has 1 N–H and O–H groups in total. The Labute approximate surface area is 117 Å².